The first-order valence-corrected chi connectivity index (χ1v) is 4.89. The van der Waals surface area contributed by atoms with Crippen LogP contribution in [0.1, 0.15) is 11.1 Å². The van der Waals surface area contributed by atoms with E-state index in [1.165, 1.54) is 0 Å². The van der Waals surface area contributed by atoms with Crippen LogP contribution in [0.5, 0.6) is 0 Å². The fourth-order valence-corrected chi connectivity index (χ4v) is 1.32. The minimum absolute atomic E-state index is 0.571. The lowest BCUT2D eigenvalue weighted by molar-refractivity contribution is 1.66. The zero-order chi connectivity index (χ0) is 9.14. The van der Waals surface area contributed by atoms with Crippen molar-refractivity contribution in [2.24, 2.45) is 0 Å². The van der Waals surface area contributed by atoms with Crippen LogP contribution in [0.2, 0.25) is 0 Å². The fourth-order valence-electron chi connectivity index (χ4n) is 0.785. The summed E-state index contributed by atoms with van der Waals surface area (Å²) in [6, 6.07) is 7.55. The summed E-state index contributed by atoms with van der Waals surface area (Å²) in [6.07, 6.45) is 0. The molecular formula is C8H6S4. The summed E-state index contributed by atoms with van der Waals surface area (Å²) in [5.74, 6) is 0. The molecule has 0 radical (unpaired) electrons. The molecule has 0 aliphatic rings. The second kappa shape index (κ2) is 4.37. The van der Waals surface area contributed by atoms with Crippen LogP contribution in [0, 0.1) is 0 Å². The Morgan fingerprint density at radius 1 is 1.00 bits per heavy atom. The van der Waals surface area contributed by atoms with Crippen molar-refractivity contribution in [3.8, 4) is 0 Å². The van der Waals surface area contributed by atoms with E-state index in [1.807, 2.05) is 24.3 Å². The van der Waals surface area contributed by atoms with Gasteiger partial charge >= 0.3 is 0 Å². The molecule has 0 atom stereocenters. The molecule has 0 spiro atoms. The van der Waals surface area contributed by atoms with Crippen LogP contribution in [0.25, 0.3) is 0 Å². The van der Waals surface area contributed by atoms with Crippen molar-refractivity contribution in [1.29, 1.82) is 0 Å². The molecule has 0 saturated carbocycles. The maximum absolute atomic E-state index is 4.90. The zero-order valence-electron chi connectivity index (χ0n) is 6.02. The fraction of sp³-hybridized carbons (Fsp3) is 0. The Bertz CT molecular complexity index is 300. The molecule has 12 heavy (non-hydrogen) atoms. The van der Waals surface area contributed by atoms with Gasteiger partial charge in [-0.3, -0.25) is 0 Å². The van der Waals surface area contributed by atoms with Crippen molar-refractivity contribution in [3.05, 3.63) is 35.4 Å². The molecule has 0 N–H and O–H groups in total. The first-order valence-electron chi connectivity index (χ1n) is 3.18. The van der Waals surface area contributed by atoms with Gasteiger partial charge in [0.15, 0.2) is 0 Å². The van der Waals surface area contributed by atoms with Gasteiger partial charge in [0, 0.05) is 0 Å². The van der Waals surface area contributed by atoms with E-state index in [9.17, 15) is 0 Å². The highest BCUT2D eigenvalue weighted by molar-refractivity contribution is 8.12. The van der Waals surface area contributed by atoms with Crippen LogP contribution >= 0.6 is 49.7 Å². The lowest BCUT2D eigenvalue weighted by atomic mass is 10.2. The highest BCUT2D eigenvalue weighted by atomic mass is 32.1. The Balaban J connectivity index is 3.12. The minimum atomic E-state index is 0.571. The summed E-state index contributed by atoms with van der Waals surface area (Å²) in [6.45, 7) is 0. The van der Waals surface area contributed by atoms with Crippen molar-refractivity contribution >= 4 is 58.1 Å². The van der Waals surface area contributed by atoms with E-state index < -0.39 is 0 Å². The summed E-state index contributed by atoms with van der Waals surface area (Å²) in [7, 11) is 0. The van der Waals surface area contributed by atoms with Gasteiger partial charge in [-0.1, -0.05) is 42.6 Å². The average molecular weight is 230 g/mol. The molecule has 0 aliphatic heterocycles. The van der Waals surface area contributed by atoms with E-state index in [0.29, 0.717) is 8.39 Å². The Kier molecular flexibility index (Phi) is 3.71. The van der Waals surface area contributed by atoms with Gasteiger partial charge in [-0.2, -0.15) is 0 Å². The second-order valence-electron chi connectivity index (χ2n) is 2.19. The van der Waals surface area contributed by atoms with Crippen LogP contribution < -0.4 is 0 Å². The summed E-state index contributed by atoms with van der Waals surface area (Å²) in [5.41, 5.74) is 1.81. The number of thiol groups is 2. The first kappa shape index (κ1) is 10.2. The molecule has 0 fully saturated rings. The third kappa shape index (κ3) is 2.55. The van der Waals surface area contributed by atoms with Crippen molar-refractivity contribution in [3.63, 3.8) is 0 Å². The van der Waals surface area contributed by atoms with Crippen LogP contribution in [0.15, 0.2) is 24.3 Å². The molecule has 1 rings (SSSR count). The van der Waals surface area contributed by atoms with Gasteiger partial charge in [0.05, 0.1) is 8.39 Å². The van der Waals surface area contributed by atoms with Crippen LogP contribution in [-0.2, 0) is 0 Å². The lowest BCUT2D eigenvalue weighted by Crippen LogP contribution is -1.92. The molecule has 0 aliphatic carbocycles. The molecule has 0 amide bonds. The van der Waals surface area contributed by atoms with Gasteiger partial charge in [0.2, 0.25) is 0 Å². The van der Waals surface area contributed by atoms with Gasteiger partial charge in [0.1, 0.15) is 0 Å². The predicted molar refractivity (Wildman–Crippen MR) is 67.8 cm³/mol. The van der Waals surface area contributed by atoms with Gasteiger partial charge in [-0.25, -0.2) is 0 Å². The van der Waals surface area contributed by atoms with E-state index in [2.05, 4.69) is 25.3 Å². The molecule has 0 bridgehead atoms. The van der Waals surface area contributed by atoms with Crippen LogP contribution in [0.4, 0.5) is 0 Å². The molecule has 0 saturated heterocycles. The zero-order valence-corrected chi connectivity index (χ0v) is 9.44. The normalized spacial score (nSPS) is 9.50. The van der Waals surface area contributed by atoms with Gasteiger partial charge in [0.25, 0.3) is 0 Å². The number of hydrogen-bond donors (Lipinski definition) is 2. The predicted octanol–water partition coefficient (Wildman–Crippen LogP) is 2.90. The van der Waals surface area contributed by atoms with E-state index in [0.717, 1.165) is 11.1 Å². The van der Waals surface area contributed by atoms with Gasteiger partial charge < -0.3 is 0 Å². The summed E-state index contributed by atoms with van der Waals surface area (Å²) >= 11 is 17.9. The second-order valence-corrected chi connectivity index (χ2v) is 4.51. The molecule has 0 heterocycles. The van der Waals surface area contributed by atoms with Gasteiger partial charge in [-0.15, -0.1) is 25.3 Å². The van der Waals surface area contributed by atoms with Crippen molar-refractivity contribution < 1.29 is 0 Å². The number of rotatable bonds is 2. The maximum Gasteiger partial charge on any atom is 0.0748 e. The quantitative estimate of drug-likeness (QED) is 0.592. The van der Waals surface area contributed by atoms with Crippen LogP contribution in [0.3, 0.4) is 0 Å². The van der Waals surface area contributed by atoms with E-state index in [1.54, 1.807) is 0 Å². The van der Waals surface area contributed by atoms with Crippen molar-refractivity contribution in [1.82, 2.24) is 0 Å². The number of thiocarbonyl (C=S) groups is 2. The molecule has 1 aromatic carbocycles. The molecule has 0 unspecified atom stereocenters. The first-order chi connectivity index (χ1) is 5.61. The standard InChI is InChI=1S/C8H6S4/c9-7(10)5-2-1-3-6(4-5)8(11)12/h1-4H,(H,9,10)(H,11,12). The van der Waals surface area contributed by atoms with Crippen molar-refractivity contribution in [2.45, 2.75) is 0 Å². The maximum atomic E-state index is 4.90. The Hall–Kier alpha value is 0.1000. The minimum Gasteiger partial charge on any atom is -0.131 e. The Morgan fingerprint density at radius 3 is 1.75 bits per heavy atom. The summed E-state index contributed by atoms with van der Waals surface area (Å²) < 4.78 is 1.14. The Labute approximate surface area is 93.2 Å². The summed E-state index contributed by atoms with van der Waals surface area (Å²) in [5, 5.41) is 0. The molecule has 0 aromatic heterocycles. The van der Waals surface area contributed by atoms with E-state index >= 15 is 0 Å². The monoisotopic (exact) mass is 230 g/mol. The smallest absolute Gasteiger partial charge is 0.0748 e. The van der Waals surface area contributed by atoms with Crippen LogP contribution in [-0.4, -0.2) is 8.39 Å². The highest BCUT2D eigenvalue weighted by Crippen LogP contribution is 2.11. The largest absolute Gasteiger partial charge is 0.131 e. The third-order valence-corrected chi connectivity index (χ3v) is 2.34. The SMILES string of the molecule is S=C(S)c1cccc(C(=S)S)c1. The highest BCUT2D eigenvalue weighted by Gasteiger charge is 1.99. The molecule has 62 valence electrons. The number of benzene rings is 1. The topological polar surface area (TPSA) is 0 Å². The van der Waals surface area contributed by atoms with Gasteiger partial charge in [-0.05, 0) is 17.2 Å². The van der Waals surface area contributed by atoms with Crippen molar-refractivity contribution in [2.75, 3.05) is 0 Å². The molecule has 4 heteroatoms. The molecular weight excluding hydrogens is 224 g/mol. The molecule has 0 nitrogen and oxygen atoms in total. The average Bonchev–Trinajstić information content (AvgIpc) is 2.04. The Morgan fingerprint density at radius 2 is 1.42 bits per heavy atom. The van der Waals surface area contributed by atoms with E-state index in [-0.39, 0.29) is 0 Å². The van der Waals surface area contributed by atoms with E-state index in [4.69, 9.17) is 24.4 Å². The third-order valence-electron chi connectivity index (χ3n) is 1.36. The molecule has 1 aromatic rings. The lowest BCUT2D eigenvalue weighted by Gasteiger charge is -2.00. The summed E-state index contributed by atoms with van der Waals surface area (Å²) in [4.78, 5) is 0. The number of hydrogen-bond acceptors (Lipinski definition) is 2.